The van der Waals surface area contributed by atoms with Crippen LogP contribution in [0.1, 0.15) is 25.1 Å². The topological polar surface area (TPSA) is 66.1 Å². The summed E-state index contributed by atoms with van der Waals surface area (Å²) in [6.07, 6.45) is 3.42. The third kappa shape index (κ3) is 4.09. The highest BCUT2D eigenvalue weighted by molar-refractivity contribution is 7.99. The molecule has 5 nitrogen and oxygen atoms in total. The Balaban J connectivity index is 1.46. The molecule has 0 atom stereocenters. The van der Waals surface area contributed by atoms with Gasteiger partial charge in [-0.15, -0.1) is 23.1 Å². The summed E-state index contributed by atoms with van der Waals surface area (Å²) in [7, 11) is 0. The Labute approximate surface area is 165 Å². The number of nitrogens with zero attached hydrogens (tertiary/aromatic N) is 2. The second-order valence-electron chi connectivity index (χ2n) is 6.64. The molecule has 1 N–H and O–H groups in total. The summed E-state index contributed by atoms with van der Waals surface area (Å²) in [6, 6.07) is 9.88. The van der Waals surface area contributed by atoms with Crippen LogP contribution in [0.2, 0.25) is 0 Å². The van der Waals surface area contributed by atoms with Crippen molar-refractivity contribution < 1.29 is 4.79 Å². The zero-order valence-electron chi connectivity index (χ0n) is 14.9. The van der Waals surface area contributed by atoms with Crippen LogP contribution in [0, 0.1) is 0 Å². The van der Waals surface area contributed by atoms with Crippen molar-refractivity contribution in [1.29, 1.82) is 0 Å². The van der Waals surface area contributed by atoms with Crippen LogP contribution in [0.4, 0.5) is 0 Å². The number of thioether (sulfide) groups is 1. The Hall–Kier alpha value is -2.12. The summed E-state index contributed by atoms with van der Waals surface area (Å²) in [4.78, 5) is 35.1. The van der Waals surface area contributed by atoms with E-state index in [1.807, 2.05) is 40.6 Å². The number of carbonyl (C=O) groups excluding carboxylic acids is 1. The lowest BCUT2D eigenvalue weighted by Crippen LogP contribution is -2.36. The number of thiophene rings is 1. The van der Waals surface area contributed by atoms with Crippen LogP contribution in [-0.4, -0.2) is 39.6 Å². The van der Waals surface area contributed by atoms with Crippen LogP contribution < -0.4 is 5.56 Å². The summed E-state index contributed by atoms with van der Waals surface area (Å²) in [6.45, 7) is 1.75. The van der Waals surface area contributed by atoms with Crippen molar-refractivity contribution in [1.82, 2.24) is 14.9 Å². The Morgan fingerprint density at radius 2 is 1.96 bits per heavy atom. The monoisotopic (exact) mass is 399 g/mol. The van der Waals surface area contributed by atoms with E-state index in [0.717, 1.165) is 41.9 Å². The fourth-order valence-electron chi connectivity index (χ4n) is 3.36. The van der Waals surface area contributed by atoms with Crippen molar-refractivity contribution in [3.8, 4) is 11.1 Å². The smallest absolute Gasteiger partial charge is 0.260 e. The fourth-order valence-corrected chi connectivity index (χ4v) is 5.12. The van der Waals surface area contributed by atoms with Gasteiger partial charge >= 0.3 is 0 Å². The molecule has 3 aromatic rings. The molecule has 1 aliphatic heterocycles. The number of rotatable bonds is 5. The molecule has 1 saturated heterocycles. The molecule has 0 radical (unpaired) electrons. The van der Waals surface area contributed by atoms with Crippen LogP contribution in [0.5, 0.6) is 0 Å². The molecule has 1 amide bonds. The molecule has 1 fully saturated rings. The van der Waals surface area contributed by atoms with Crippen molar-refractivity contribution in [2.24, 2.45) is 0 Å². The number of hydrogen-bond donors (Lipinski definition) is 1. The summed E-state index contributed by atoms with van der Waals surface area (Å²) >= 11 is 2.99. The number of H-pyrrole nitrogens is 1. The first kappa shape index (κ1) is 18.3. The number of amides is 1. The molecular weight excluding hydrogens is 378 g/mol. The standard InChI is InChI=1S/C20H21N3O2S2/c24-17(23-9-5-2-6-10-23)13-26-12-16-21-19(25)18-15(11-27-20(18)22-16)14-7-3-1-4-8-14/h1,3-4,7-8,11H,2,5-6,9-10,12-13H2,(H,21,22,25). The zero-order chi connectivity index (χ0) is 18.6. The molecule has 140 valence electrons. The van der Waals surface area contributed by atoms with E-state index < -0.39 is 0 Å². The lowest BCUT2D eigenvalue weighted by Gasteiger charge is -2.26. The zero-order valence-corrected chi connectivity index (χ0v) is 16.6. The van der Waals surface area contributed by atoms with Crippen molar-refractivity contribution in [3.05, 3.63) is 51.9 Å². The van der Waals surface area contributed by atoms with Crippen LogP contribution >= 0.6 is 23.1 Å². The maximum Gasteiger partial charge on any atom is 0.260 e. The first-order valence-corrected chi connectivity index (χ1v) is 11.2. The minimum absolute atomic E-state index is 0.113. The van der Waals surface area contributed by atoms with Crippen LogP contribution in [0.15, 0.2) is 40.5 Å². The second kappa shape index (κ2) is 8.27. The number of hydrogen-bond acceptors (Lipinski definition) is 5. The summed E-state index contributed by atoms with van der Waals surface area (Å²) < 4.78 is 0. The molecule has 1 aliphatic rings. The van der Waals surface area contributed by atoms with E-state index >= 15 is 0 Å². The van der Waals surface area contributed by atoms with Crippen LogP contribution in [0.3, 0.4) is 0 Å². The lowest BCUT2D eigenvalue weighted by atomic mass is 10.1. The molecule has 0 aliphatic carbocycles. The number of piperidine rings is 1. The number of likely N-dealkylation sites (tertiary alicyclic amines) is 1. The Kier molecular flexibility index (Phi) is 5.59. The predicted octanol–water partition coefficient (Wildman–Crippen LogP) is 3.90. The minimum Gasteiger partial charge on any atom is -0.342 e. The van der Waals surface area contributed by atoms with E-state index in [1.165, 1.54) is 29.5 Å². The number of aromatic amines is 1. The molecule has 0 bridgehead atoms. The average molecular weight is 400 g/mol. The highest BCUT2D eigenvalue weighted by Crippen LogP contribution is 2.30. The summed E-state index contributed by atoms with van der Waals surface area (Å²) in [5.74, 6) is 1.78. The van der Waals surface area contributed by atoms with Crippen molar-refractivity contribution in [2.45, 2.75) is 25.0 Å². The molecule has 2 aromatic heterocycles. The van der Waals surface area contributed by atoms with Gasteiger partial charge in [-0.1, -0.05) is 30.3 Å². The van der Waals surface area contributed by atoms with E-state index in [4.69, 9.17) is 0 Å². The number of nitrogens with one attached hydrogen (secondary N) is 1. The molecule has 1 aromatic carbocycles. The molecule has 4 rings (SSSR count). The van der Waals surface area contributed by atoms with Gasteiger partial charge in [0.05, 0.1) is 16.9 Å². The van der Waals surface area contributed by atoms with Crippen molar-refractivity contribution in [2.75, 3.05) is 18.8 Å². The third-order valence-electron chi connectivity index (χ3n) is 4.75. The first-order chi connectivity index (χ1) is 13.2. The molecule has 3 heterocycles. The van der Waals surface area contributed by atoms with Gasteiger partial charge in [0.2, 0.25) is 5.91 Å². The van der Waals surface area contributed by atoms with Gasteiger partial charge in [-0.3, -0.25) is 9.59 Å². The van der Waals surface area contributed by atoms with E-state index in [-0.39, 0.29) is 11.5 Å². The van der Waals surface area contributed by atoms with E-state index in [1.54, 1.807) is 0 Å². The van der Waals surface area contributed by atoms with E-state index in [9.17, 15) is 9.59 Å². The molecule has 0 spiro atoms. The van der Waals surface area contributed by atoms with Gasteiger partial charge in [0.1, 0.15) is 10.7 Å². The summed E-state index contributed by atoms with van der Waals surface area (Å²) in [5.41, 5.74) is 1.83. The molecule has 0 unspecified atom stereocenters. The molecule has 0 saturated carbocycles. The third-order valence-corrected chi connectivity index (χ3v) is 6.55. The van der Waals surface area contributed by atoms with Gasteiger partial charge < -0.3 is 9.88 Å². The van der Waals surface area contributed by atoms with E-state index in [2.05, 4.69) is 9.97 Å². The maximum absolute atomic E-state index is 12.6. The van der Waals surface area contributed by atoms with Gasteiger partial charge in [0, 0.05) is 24.0 Å². The van der Waals surface area contributed by atoms with Gasteiger partial charge in [-0.05, 0) is 24.8 Å². The normalized spacial score (nSPS) is 14.6. The Morgan fingerprint density at radius 1 is 1.19 bits per heavy atom. The highest BCUT2D eigenvalue weighted by atomic mass is 32.2. The summed E-state index contributed by atoms with van der Waals surface area (Å²) in [5, 5.41) is 2.63. The number of aromatic nitrogens is 2. The minimum atomic E-state index is -0.113. The first-order valence-electron chi connectivity index (χ1n) is 9.14. The van der Waals surface area contributed by atoms with Gasteiger partial charge in [-0.2, -0.15) is 0 Å². The number of benzene rings is 1. The van der Waals surface area contributed by atoms with Gasteiger partial charge in [0.25, 0.3) is 5.56 Å². The SMILES string of the molecule is O=C(CSCc1nc2scc(-c3ccccc3)c2c(=O)[nH]1)N1CCCCC1. The Bertz CT molecular complexity index is 991. The maximum atomic E-state index is 12.6. The number of carbonyl (C=O) groups is 1. The molecule has 27 heavy (non-hydrogen) atoms. The quantitative estimate of drug-likeness (QED) is 0.707. The van der Waals surface area contributed by atoms with Crippen LogP contribution in [-0.2, 0) is 10.5 Å². The van der Waals surface area contributed by atoms with Gasteiger partial charge in [0.15, 0.2) is 0 Å². The predicted molar refractivity (Wildman–Crippen MR) is 112 cm³/mol. The van der Waals surface area contributed by atoms with Crippen LogP contribution in [0.25, 0.3) is 21.3 Å². The highest BCUT2D eigenvalue weighted by Gasteiger charge is 2.17. The lowest BCUT2D eigenvalue weighted by molar-refractivity contribution is -0.129. The largest absolute Gasteiger partial charge is 0.342 e. The van der Waals surface area contributed by atoms with Crippen molar-refractivity contribution >= 4 is 39.2 Å². The molecule has 7 heteroatoms. The molecular formula is C20H21N3O2S2. The Morgan fingerprint density at radius 3 is 2.74 bits per heavy atom. The van der Waals surface area contributed by atoms with Crippen molar-refractivity contribution in [3.63, 3.8) is 0 Å². The fraction of sp³-hybridized carbons (Fsp3) is 0.350. The van der Waals surface area contributed by atoms with E-state index in [0.29, 0.717) is 22.7 Å². The average Bonchev–Trinajstić information content (AvgIpc) is 3.14. The number of fused-ring (bicyclic) bond motifs is 1. The van der Waals surface area contributed by atoms with Gasteiger partial charge in [-0.25, -0.2) is 4.98 Å². The second-order valence-corrected chi connectivity index (χ2v) is 8.49.